The standard InChI is InChI=1S/C28H42ClN7O4/c1-18(2)23(24(38)32-15-11-20-7-9-21(29)10-8-20)35-17-13-28(26(35)40)12-5-16-36(28)25(39)22(34-19(3)37)6-4-14-33-27(30)31/h7-10,18,22-23H,4-6,11-17H2,1-3H3,(H,32,38)(H,34,37)(H4,30,31,33)/t22-,23-,28-/m0/s1. The van der Waals surface area contributed by atoms with Crippen LogP contribution in [0.5, 0.6) is 0 Å². The average molecular weight is 576 g/mol. The van der Waals surface area contributed by atoms with Gasteiger partial charge in [0.2, 0.25) is 23.6 Å². The SMILES string of the molecule is CC(=O)N[C@@H](CCCN=C(N)N)C(=O)N1CCC[C@@]12CCN([C@H](C(=O)NCCc1ccc(Cl)cc1)C(C)C)C2=O. The van der Waals surface area contributed by atoms with Crippen molar-refractivity contribution in [2.75, 3.05) is 26.2 Å². The summed E-state index contributed by atoms with van der Waals surface area (Å²) in [5, 5.41) is 6.39. The molecule has 1 aromatic carbocycles. The summed E-state index contributed by atoms with van der Waals surface area (Å²) in [6, 6.07) is 6.02. The molecule has 2 fully saturated rings. The summed E-state index contributed by atoms with van der Waals surface area (Å²) in [5.41, 5.74) is 10.8. The normalized spacial score (nSPS) is 20.1. The van der Waals surface area contributed by atoms with Crippen LogP contribution in [0, 0.1) is 5.92 Å². The van der Waals surface area contributed by atoms with Crippen LogP contribution in [0.2, 0.25) is 5.02 Å². The van der Waals surface area contributed by atoms with Crippen molar-refractivity contribution in [1.82, 2.24) is 20.4 Å². The number of hydrogen-bond donors (Lipinski definition) is 4. The van der Waals surface area contributed by atoms with Crippen LogP contribution in [-0.2, 0) is 25.6 Å². The van der Waals surface area contributed by atoms with Crippen molar-refractivity contribution >= 4 is 41.2 Å². The van der Waals surface area contributed by atoms with E-state index in [-0.39, 0.29) is 35.5 Å². The van der Waals surface area contributed by atoms with Gasteiger partial charge in [-0.2, -0.15) is 0 Å². The van der Waals surface area contributed by atoms with Crippen molar-refractivity contribution in [3.8, 4) is 0 Å². The minimum atomic E-state index is -1.01. The number of aliphatic imine (C=N–C) groups is 1. The first-order valence-electron chi connectivity index (χ1n) is 13.9. The molecule has 2 saturated heterocycles. The second kappa shape index (κ2) is 13.8. The maximum atomic E-state index is 14.0. The summed E-state index contributed by atoms with van der Waals surface area (Å²) in [4.78, 5) is 60.2. The summed E-state index contributed by atoms with van der Waals surface area (Å²) in [7, 11) is 0. The highest BCUT2D eigenvalue weighted by Gasteiger charge is 2.57. The van der Waals surface area contributed by atoms with Crippen LogP contribution in [0.4, 0.5) is 0 Å². The predicted octanol–water partition coefficient (Wildman–Crippen LogP) is 1.18. The Morgan fingerprint density at radius 2 is 1.82 bits per heavy atom. The van der Waals surface area contributed by atoms with E-state index < -0.39 is 17.6 Å². The third kappa shape index (κ3) is 7.44. The topological polar surface area (TPSA) is 163 Å². The Bertz CT molecular complexity index is 1110. The zero-order valence-electron chi connectivity index (χ0n) is 23.6. The van der Waals surface area contributed by atoms with E-state index in [4.69, 9.17) is 23.1 Å². The molecule has 2 heterocycles. The molecule has 2 aliphatic heterocycles. The second-order valence-corrected chi connectivity index (χ2v) is 11.4. The molecule has 3 rings (SSSR count). The molecule has 0 radical (unpaired) electrons. The van der Waals surface area contributed by atoms with Crippen LogP contribution in [0.3, 0.4) is 0 Å². The fourth-order valence-corrected chi connectivity index (χ4v) is 5.94. The van der Waals surface area contributed by atoms with Crippen molar-refractivity contribution in [2.24, 2.45) is 22.4 Å². The predicted molar refractivity (Wildman–Crippen MR) is 154 cm³/mol. The molecule has 0 aliphatic carbocycles. The van der Waals surface area contributed by atoms with Gasteiger partial charge in [-0.05, 0) is 62.1 Å². The third-order valence-electron chi connectivity index (χ3n) is 7.66. The molecular weight excluding hydrogens is 534 g/mol. The van der Waals surface area contributed by atoms with E-state index in [0.717, 1.165) is 5.56 Å². The van der Waals surface area contributed by atoms with E-state index in [9.17, 15) is 19.2 Å². The lowest BCUT2D eigenvalue weighted by Gasteiger charge is -2.37. The summed E-state index contributed by atoms with van der Waals surface area (Å²) in [6.07, 6.45) is 3.11. The summed E-state index contributed by atoms with van der Waals surface area (Å²) >= 11 is 5.96. The van der Waals surface area contributed by atoms with Crippen molar-refractivity contribution in [3.05, 3.63) is 34.9 Å². The van der Waals surface area contributed by atoms with Crippen LogP contribution in [-0.4, -0.2) is 83.2 Å². The van der Waals surface area contributed by atoms with Crippen molar-refractivity contribution in [3.63, 3.8) is 0 Å². The molecule has 0 saturated carbocycles. The van der Waals surface area contributed by atoms with Gasteiger partial charge in [0.15, 0.2) is 5.96 Å². The van der Waals surface area contributed by atoms with Gasteiger partial charge in [-0.1, -0.05) is 37.6 Å². The highest BCUT2D eigenvalue weighted by atomic mass is 35.5. The first-order valence-corrected chi connectivity index (χ1v) is 14.3. The van der Waals surface area contributed by atoms with Gasteiger partial charge in [0.05, 0.1) is 0 Å². The van der Waals surface area contributed by atoms with E-state index in [1.54, 1.807) is 9.80 Å². The van der Waals surface area contributed by atoms with Gasteiger partial charge in [0.25, 0.3) is 0 Å². The Kier molecular flexibility index (Phi) is 10.8. The number of rotatable bonds is 12. The first kappa shape index (κ1) is 31.2. The molecule has 2 aliphatic rings. The number of nitrogens with one attached hydrogen (secondary N) is 2. The quantitative estimate of drug-likeness (QED) is 0.166. The van der Waals surface area contributed by atoms with Crippen LogP contribution in [0.15, 0.2) is 29.3 Å². The number of carbonyl (C=O) groups is 4. The van der Waals surface area contributed by atoms with Crippen LogP contribution >= 0.6 is 11.6 Å². The molecule has 220 valence electrons. The van der Waals surface area contributed by atoms with Crippen molar-refractivity contribution < 1.29 is 19.2 Å². The largest absolute Gasteiger partial charge is 0.370 e. The molecule has 11 nitrogen and oxygen atoms in total. The maximum absolute atomic E-state index is 14.0. The lowest BCUT2D eigenvalue weighted by Crippen LogP contribution is -2.60. The maximum Gasteiger partial charge on any atom is 0.249 e. The van der Waals surface area contributed by atoms with Gasteiger partial charge in [-0.15, -0.1) is 0 Å². The molecule has 0 unspecified atom stereocenters. The van der Waals surface area contributed by atoms with Gasteiger partial charge < -0.3 is 31.9 Å². The van der Waals surface area contributed by atoms with E-state index in [0.29, 0.717) is 69.7 Å². The Morgan fingerprint density at radius 1 is 1.12 bits per heavy atom. The molecule has 0 bridgehead atoms. The molecule has 6 N–H and O–H groups in total. The first-order chi connectivity index (χ1) is 19.0. The van der Waals surface area contributed by atoms with Crippen LogP contribution in [0.1, 0.15) is 58.4 Å². The summed E-state index contributed by atoms with van der Waals surface area (Å²) in [6.45, 7) is 6.75. The monoisotopic (exact) mass is 575 g/mol. The number of guanidine groups is 1. The zero-order valence-corrected chi connectivity index (χ0v) is 24.4. The van der Waals surface area contributed by atoms with Crippen molar-refractivity contribution in [1.29, 1.82) is 0 Å². The minimum absolute atomic E-state index is 0.0359. The zero-order chi connectivity index (χ0) is 29.4. The van der Waals surface area contributed by atoms with E-state index in [2.05, 4.69) is 15.6 Å². The van der Waals surface area contributed by atoms with Gasteiger partial charge in [-0.3, -0.25) is 24.2 Å². The lowest BCUT2D eigenvalue weighted by atomic mass is 9.92. The fourth-order valence-electron chi connectivity index (χ4n) is 5.81. The number of benzene rings is 1. The van der Waals surface area contributed by atoms with E-state index in [1.165, 1.54) is 6.92 Å². The molecular formula is C28H42ClN7O4. The molecule has 4 amide bonds. The average Bonchev–Trinajstić information content (AvgIpc) is 3.46. The van der Waals surface area contributed by atoms with E-state index >= 15 is 0 Å². The Hall–Kier alpha value is -3.34. The smallest absolute Gasteiger partial charge is 0.249 e. The number of halogens is 1. The third-order valence-corrected chi connectivity index (χ3v) is 7.91. The highest BCUT2D eigenvalue weighted by Crippen LogP contribution is 2.40. The number of hydrogen-bond acceptors (Lipinski definition) is 5. The van der Waals surface area contributed by atoms with E-state index in [1.807, 2.05) is 38.1 Å². The Balaban J connectivity index is 1.70. The molecule has 1 spiro atoms. The lowest BCUT2D eigenvalue weighted by molar-refractivity contribution is -0.151. The fraction of sp³-hybridized carbons (Fsp3) is 0.607. The number of carbonyl (C=O) groups excluding carboxylic acids is 4. The van der Waals surface area contributed by atoms with Gasteiger partial charge >= 0.3 is 0 Å². The molecule has 40 heavy (non-hydrogen) atoms. The number of nitrogens with two attached hydrogens (primary N) is 2. The highest BCUT2D eigenvalue weighted by molar-refractivity contribution is 6.30. The van der Waals surface area contributed by atoms with Gasteiger partial charge in [-0.25, -0.2) is 0 Å². The summed E-state index contributed by atoms with van der Waals surface area (Å²) < 4.78 is 0. The minimum Gasteiger partial charge on any atom is -0.370 e. The van der Waals surface area contributed by atoms with Crippen LogP contribution in [0.25, 0.3) is 0 Å². The van der Waals surface area contributed by atoms with Gasteiger partial charge in [0, 0.05) is 38.1 Å². The molecule has 1 aromatic rings. The number of amides is 4. The molecule has 0 aromatic heterocycles. The van der Waals surface area contributed by atoms with Gasteiger partial charge in [0.1, 0.15) is 17.6 Å². The second-order valence-electron chi connectivity index (χ2n) is 10.9. The Morgan fingerprint density at radius 3 is 2.45 bits per heavy atom. The Labute approximate surface area is 241 Å². The van der Waals surface area contributed by atoms with Crippen LogP contribution < -0.4 is 22.1 Å². The van der Waals surface area contributed by atoms with Crippen molar-refractivity contribution in [2.45, 2.75) is 76.9 Å². The number of nitrogens with zero attached hydrogens (tertiary/aromatic N) is 3. The summed E-state index contributed by atoms with van der Waals surface area (Å²) in [5.74, 6) is -1.19. The number of likely N-dealkylation sites (tertiary alicyclic amines) is 2. The molecule has 3 atom stereocenters. The molecule has 12 heteroatoms.